The van der Waals surface area contributed by atoms with Crippen LogP contribution in [0.3, 0.4) is 0 Å². The van der Waals surface area contributed by atoms with E-state index in [0.717, 1.165) is 5.56 Å². The van der Waals surface area contributed by atoms with Crippen molar-refractivity contribution >= 4 is 11.6 Å². The molecule has 1 amide bonds. The maximum atomic E-state index is 11.2. The molecule has 0 heterocycles. The Kier molecular flexibility index (Phi) is 3.51. The lowest BCUT2D eigenvalue weighted by molar-refractivity contribution is -0.111. The summed E-state index contributed by atoms with van der Waals surface area (Å²) in [4.78, 5) is 11.2. The number of carbonyl (C=O) groups excluding carboxylic acids is 1. The summed E-state index contributed by atoms with van der Waals surface area (Å²) in [5.41, 5.74) is 1.46. The third-order valence-corrected chi connectivity index (χ3v) is 1.61. The highest BCUT2D eigenvalue weighted by atomic mass is 16.1. The van der Waals surface area contributed by atoms with E-state index in [1.807, 2.05) is 6.07 Å². The molecule has 1 N–H and O–H groups in total. The SMILES string of the molecule is C#Cc1cccc(NC(=O)C=CC)c1. The van der Waals surface area contributed by atoms with Crippen LogP contribution >= 0.6 is 0 Å². The van der Waals surface area contributed by atoms with E-state index in [-0.39, 0.29) is 5.91 Å². The lowest BCUT2D eigenvalue weighted by Crippen LogP contribution is -2.07. The number of allylic oxidation sites excluding steroid dienone is 1. The molecule has 0 aromatic heterocycles. The van der Waals surface area contributed by atoms with Crippen LogP contribution in [0.25, 0.3) is 0 Å². The average molecular weight is 185 g/mol. The van der Waals surface area contributed by atoms with Gasteiger partial charge in [0.05, 0.1) is 0 Å². The van der Waals surface area contributed by atoms with Gasteiger partial charge in [-0.3, -0.25) is 4.79 Å². The first-order valence-electron chi connectivity index (χ1n) is 4.26. The Morgan fingerprint density at radius 3 is 3.00 bits per heavy atom. The summed E-state index contributed by atoms with van der Waals surface area (Å²) in [7, 11) is 0. The van der Waals surface area contributed by atoms with Gasteiger partial charge in [-0.25, -0.2) is 0 Å². The molecule has 0 spiro atoms. The van der Waals surface area contributed by atoms with Crippen molar-refractivity contribution in [3.63, 3.8) is 0 Å². The molecule has 1 aromatic carbocycles. The van der Waals surface area contributed by atoms with Crippen LogP contribution in [-0.4, -0.2) is 5.91 Å². The number of rotatable bonds is 2. The second kappa shape index (κ2) is 4.88. The Labute approximate surface area is 83.6 Å². The van der Waals surface area contributed by atoms with E-state index < -0.39 is 0 Å². The smallest absolute Gasteiger partial charge is 0.248 e. The number of hydrogen-bond acceptors (Lipinski definition) is 1. The van der Waals surface area contributed by atoms with Gasteiger partial charge in [0.1, 0.15) is 0 Å². The van der Waals surface area contributed by atoms with Gasteiger partial charge in [-0.05, 0) is 31.2 Å². The zero-order chi connectivity index (χ0) is 10.4. The second-order valence-electron chi connectivity index (χ2n) is 2.71. The highest BCUT2D eigenvalue weighted by molar-refractivity contribution is 5.99. The molecule has 2 nitrogen and oxygen atoms in total. The first-order valence-corrected chi connectivity index (χ1v) is 4.26. The van der Waals surface area contributed by atoms with Gasteiger partial charge in [0.2, 0.25) is 5.91 Å². The third-order valence-electron chi connectivity index (χ3n) is 1.61. The standard InChI is InChI=1S/C12H11NO/c1-3-6-12(14)13-11-8-5-7-10(4-2)9-11/h2-3,5-9H,1H3,(H,13,14). The number of carbonyl (C=O) groups is 1. The van der Waals surface area contributed by atoms with E-state index >= 15 is 0 Å². The van der Waals surface area contributed by atoms with Crippen LogP contribution in [0.15, 0.2) is 36.4 Å². The molecule has 0 unspecified atom stereocenters. The van der Waals surface area contributed by atoms with Crippen LogP contribution in [0.5, 0.6) is 0 Å². The van der Waals surface area contributed by atoms with Crippen LogP contribution in [0.1, 0.15) is 12.5 Å². The number of nitrogens with one attached hydrogen (secondary N) is 1. The summed E-state index contributed by atoms with van der Waals surface area (Å²) in [5.74, 6) is 2.35. The minimum Gasteiger partial charge on any atom is -0.322 e. The molecule has 0 aliphatic heterocycles. The van der Waals surface area contributed by atoms with Gasteiger partial charge in [0.25, 0.3) is 0 Å². The quantitative estimate of drug-likeness (QED) is 0.555. The summed E-state index contributed by atoms with van der Waals surface area (Å²) in [6.07, 6.45) is 8.37. The number of anilines is 1. The van der Waals surface area contributed by atoms with E-state index in [2.05, 4.69) is 11.2 Å². The lowest BCUT2D eigenvalue weighted by Gasteiger charge is -2.01. The number of hydrogen-bond donors (Lipinski definition) is 1. The van der Waals surface area contributed by atoms with Crippen molar-refractivity contribution in [3.8, 4) is 12.3 Å². The van der Waals surface area contributed by atoms with Crippen molar-refractivity contribution in [1.29, 1.82) is 0 Å². The summed E-state index contributed by atoms with van der Waals surface area (Å²) in [6.45, 7) is 1.79. The van der Waals surface area contributed by atoms with Crippen molar-refractivity contribution in [2.24, 2.45) is 0 Å². The summed E-state index contributed by atoms with van der Waals surface area (Å²) >= 11 is 0. The minimum absolute atomic E-state index is 0.151. The van der Waals surface area contributed by atoms with Crippen LogP contribution in [0.4, 0.5) is 5.69 Å². The zero-order valence-corrected chi connectivity index (χ0v) is 7.95. The van der Waals surface area contributed by atoms with Crippen LogP contribution in [0, 0.1) is 12.3 Å². The number of terminal acetylenes is 1. The highest BCUT2D eigenvalue weighted by Gasteiger charge is 1.96. The van der Waals surface area contributed by atoms with Gasteiger partial charge in [0, 0.05) is 11.3 Å². The van der Waals surface area contributed by atoms with E-state index in [9.17, 15) is 4.79 Å². The fourth-order valence-corrected chi connectivity index (χ4v) is 1.02. The van der Waals surface area contributed by atoms with Gasteiger partial charge < -0.3 is 5.32 Å². The molecule has 70 valence electrons. The molecule has 0 aliphatic rings. The minimum atomic E-state index is -0.151. The Bertz CT molecular complexity index is 399. The molecule has 0 saturated heterocycles. The number of benzene rings is 1. The molecule has 0 bridgehead atoms. The zero-order valence-electron chi connectivity index (χ0n) is 7.95. The molecule has 0 radical (unpaired) electrons. The Morgan fingerprint density at radius 2 is 2.36 bits per heavy atom. The largest absolute Gasteiger partial charge is 0.322 e. The van der Waals surface area contributed by atoms with Crippen LogP contribution in [0.2, 0.25) is 0 Å². The van der Waals surface area contributed by atoms with E-state index in [4.69, 9.17) is 6.42 Å². The predicted octanol–water partition coefficient (Wildman–Crippen LogP) is 2.18. The van der Waals surface area contributed by atoms with Crippen molar-refractivity contribution < 1.29 is 4.79 Å². The van der Waals surface area contributed by atoms with Crippen molar-refractivity contribution in [2.75, 3.05) is 5.32 Å². The fourth-order valence-electron chi connectivity index (χ4n) is 1.02. The summed E-state index contributed by atoms with van der Waals surface area (Å²) < 4.78 is 0. The topological polar surface area (TPSA) is 29.1 Å². The first-order chi connectivity index (χ1) is 6.76. The maximum Gasteiger partial charge on any atom is 0.248 e. The normalized spacial score (nSPS) is 9.71. The fraction of sp³-hybridized carbons (Fsp3) is 0.0833. The van der Waals surface area contributed by atoms with Crippen molar-refractivity contribution in [3.05, 3.63) is 42.0 Å². The van der Waals surface area contributed by atoms with E-state index in [1.165, 1.54) is 6.08 Å². The van der Waals surface area contributed by atoms with Gasteiger partial charge >= 0.3 is 0 Å². The molecule has 0 aliphatic carbocycles. The van der Waals surface area contributed by atoms with Gasteiger partial charge in [-0.2, -0.15) is 0 Å². The molecular weight excluding hydrogens is 174 g/mol. The maximum absolute atomic E-state index is 11.2. The molecule has 2 heteroatoms. The molecule has 1 rings (SSSR count). The molecule has 14 heavy (non-hydrogen) atoms. The van der Waals surface area contributed by atoms with Gasteiger partial charge in [0.15, 0.2) is 0 Å². The molecular formula is C12H11NO. The lowest BCUT2D eigenvalue weighted by atomic mass is 10.2. The van der Waals surface area contributed by atoms with E-state index in [0.29, 0.717) is 5.69 Å². The average Bonchev–Trinajstić information content (AvgIpc) is 2.18. The van der Waals surface area contributed by atoms with Crippen molar-refractivity contribution in [2.45, 2.75) is 6.92 Å². The summed E-state index contributed by atoms with van der Waals surface area (Å²) in [6, 6.07) is 7.16. The molecule has 1 aromatic rings. The summed E-state index contributed by atoms with van der Waals surface area (Å²) in [5, 5.41) is 2.70. The van der Waals surface area contributed by atoms with Crippen LogP contribution < -0.4 is 5.32 Å². The Balaban J connectivity index is 2.78. The predicted molar refractivity (Wildman–Crippen MR) is 57.8 cm³/mol. The van der Waals surface area contributed by atoms with Crippen molar-refractivity contribution in [1.82, 2.24) is 0 Å². The monoisotopic (exact) mass is 185 g/mol. The van der Waals surface area contributed by atoms with E-state index in [1.54, 1.807) is 31.2 Å². The third kappa shape index (κ3) is 2.80. The highest BCUT2D eigenvalue weighted by Crippen LogP contribution is 2.09. The first kappa shape index (κ1) is 10.1. The number of amides is 1. The molecule has 0 atom stereocenters. The Morgan fingerprint density at radius 1 is 1.57 bits per heavy atom. The van der Waals surface area contributed by atoms with Gasteiger partial charge in [-0.15, -0.1) is 6.42 Å². The Hall–Kier alpha value is -2.01. The second-order valence-corrected chi connectivity index (χ2v) is 2.71. The molecule has 0 saturated carbocycles. The van der Waals surface area contributed by atoms with Gasteiger partial charge in [-0.1, -0.05) is 18.1 Å². The molecule has 0 fully saturated rings. The van der Waals surface area contributed by atoms with Crippen LogP contribution in [-0.2, 0) is 4.79 Å².